The third-order valence-corrected chi connectivity index (χ3v) is 4.93. The largest absolute Gasteiger partial charge is 0.379 e. The molecule has 0 radical (unpaired) electrons. The smallest absolute Gasteiger partial charge is 0.244 e. The summed E-state index contributed by atoms with van der Waals surface area (Å²) in [5.74, 6) is 0.179. The maximum Gasteiger partial charge on any atom is 0.244 e. The van der Waals surface area contributed by atoms with E-state index in [0.29, 0.717) is 37.8 Å². The van der Waals surface area contributed by atoms with E-state index in [2.05, 4.69) is 10.2 Å². The van der Waals surface area contributed by atoms with Gasteiger partial charge in [-0.1, -0.05) is 18.2 Å². The fourth-order valence-corrected chi connectivity index (χ4v) is 3.68. The lowest BCUT2D eigenvalue weighted by Crippen LogP contribution is -2.47. The first-order valence-corrected chi connectivity index (χ1v) is 8.70. The summed E-state index contributed by atoms with van der Waals surface area (Å²) >= 11 is 0. The molecule has 1 amide bonds. The lowest BCUT2D eigenvalue weighted by Gasteiger charge is -2.36. The lowest BCUT2D eigenvalue weighted by atomic mass is 10.0. The van der Waals surface area contributed by atoms with Gasteiger partial charge in [0.15, 0.2) is 0 Å². The highest BCUT2D eigenvalue weighted by Crippen LogP contribution is 2.29. The van der Waals surface area contributed by atoms with Gasteiger partial charge in [-0.05, 0) is 32.0 Å². The second kappa shape index (κ2) is 8.05. The molecule has 1 aromatic carbocycles. The molecule has 24 heavy (non-hydrogen) atoms. The fourth-order valence-electron chi connectivity index (χ4n) is 3.68. The van der Waals surface area contributed by atoms with Gasteiger partial charge in [0.25, 0.3) is 0 Å². The molecule has 2 heterocycles. The summed E-state index contributed by atoms with van der Waals surface area (Å²) in [7, 11) is 1.93. The number of rotatable bonds is 5. The van der Waals surface area contributed by atoms with Crippen molar-refractivity contribution in [1.29, 1.82) is 0 Å². The molecule has 0 saturated carbocycles. The highest BCUT2D eigenvalue weighted by atomic mass is 19.1. The molecule has 6 heteroatoms. The topological polar surface area (TPSA) is 44.8 Å². The Hall–Kier alpha value is -1.50. The number of hydrogen-bond acceptors (Lipinski definition) is 4. The van der Waals surface area contributed by atoms with E-state index in [1.54, 1.807) is 18.2 Å². The second-order valence-electron chi connectivity index (χ2n) is 6.57. The van der Waals surface area contributed by atoms with Crippen LogP contribution in [0.25, 0.3) is 0 Å². The first kappa shape index (κ1) is 17.3. The van der Waals surface area contributed by atoms with E-state index < -0.39 is 6.04 Å². The number of amides is 1. The predicted molar refractivity (Wildman–Crippen MR) is 90.1 cm³/mol. The average molecular weight is 335 g/mol. The summed E-state index contributed by atoms with van der Waals surface area (Å²) in [6.45, 7) is 4.87. The van der Waals surface area contributed by atoms with Gasteiger partial charge in [-0.25, -0.2) is 4.39 Å². The Morgan fingerprint density at radius 3 is 2.79 bits per heavy atom. The van der Waals surface area contributed by atoms with Crippen LogP contribution in [0.2, 0.25) is 0 Å². The molecule has 2 aliphatic rings. The molecule has 0 aromatic heterocycles. The van der Waals surface area contributed by atoms with Crippen molar-refractivity contribution >= 4 is 5.91 Å². The number of carbonyl (C=O) groups excluding carboxylic acids is 1. The number of morpholine rings is 1. The Labute approximate surface area is 142 Å². The van der Waals surface area contributed by atoms with Crippen LogP contribution in [0.5, 0.6) is 0 Å². The van der Waals surface area contributed by atoms with Gasteiger partial charge in [0.05, 0.1) is 13.2 Å². The molecule has 0 unspecified atom stereocenters. The van der Waals surface area contributed by atoms with E-state index in [4.69, 9.17) is 4.74 Å². The van der Waals surface area contributed by atoms with Crippen LogP contribution in [0.4, 0.5) is 4.39 Å². The summed E-state index contributed by atoms with van der Waals surface area (Å²) < 4.78 is 19.8. The van der Waals surface area contributed by atoms with Crippen LogP contribution in [0.3, 0.4) is 0 Å². The second-order valence-corrected chi connectivity index (χ2v) is 6.57. The number of likely N-dealkylation sites (tertiary alicyclic amines) is 1. The summed E-state index contributed by atoms with van der Waals surface area (Å²) in [6, 6.07) is 6.08. The van der Waals surface area contributed by atoms with Crippen molar-refractivity contribution in [1.82, 2.24) is 15.1 Å². The average Bonchev–Trinajstić information content (AvgIpc) is 3.07. The number of ether oxygens (including phenoxy) is 1. The highest BCUT2D eigenvalue weighted by molar-refractivity contribution is 5.83. The minimum atomic E-state index is -0.552. The van der Waals surface area contributed by atoms with Crippen molar-refractivity contribution in [3.63, 3.8) is 0 Å². The van der Waals surface area contributed by atoms with Crippen LogP contribution in [0, 0.1) is 11.7 Å². The standard InChI is InChI=1S/C18H26FN3O2/c1-20-12-14-6-7-22(13-14)18(23)17(21-8-10-24-11-9-21)15-4-2-3-5-16(15)19/h2-5,14,17,20H,6-13H2,1H3/t14-,17+/m0/s1. The van der Waals surface area contributed by atoms with E-state index >= 15 is 0 Å². The molecule has 0 spiro atoms. The lowest BCUT2D eigenvalue weighted by molar-refractivity contribution is -0.138. The zero-order valence-electron chi connectivity index (χ0n) is 14.2. The molecule has 2 fully saturated rings. The maximum atomic E-state index is 14.4. The monoisotopic (exact) mass is 335 g/mol. The summed E-state index contributed by atoms with van der Waals surface area (Å²) in [4.78, 5) is 17.2. The minimum absolute atomic E-state index is 0.0144. The van der Waals surface area contributed by atoms with Crippen molar-refractivity contribution in [3.8, 4) is 0 Å². The predicted octanol–water partition coefficient (Wildman–Crippen LogP) is 1.27. The van der Waals surface area contributed by atoms with Crippen LogP contribution in [-0.4, -0.2) is 68.7 Å². The van der Waals surface area contributed by atoms with E-state index in [1.807, 2.05) is 11.9 Å². The van der Waals surface area contributed by atoms with Gasteiger partial charge >= 0.3 is 0 Å². The summed E-state index contributed by atoms with van der Waals surface area (Å²) in [5, 5.41) is 3.18. The summed E-state index contributed by atoms with van der Waals surface area (Å²) in [6.07, 6.45) is 1.000. The Balaban J connectivity index is 1.82. The molecule has 132 valence electrons. The number of benzene rings is 1. The molecule has 2 atom stereocenters. The zero-order valence-corrected chi connectivity index (χ0v) is 14.2. The Morgan fingerprint density at radius 1 is 1.33 bits per heavy atom. The van der Waals surface area contributed by atoms with Gasteiger partial charge in [-0.2, -0.15) is 0 Å². The Kier molecular flexibility index (Phi) is 5.81. The molecular formula is C18H26FN3O2. The molecule has 2 saturated heterocycles. The van der Waals surface area contributed by atoms with E-state index in [9.17, 15) is 9.18 Å². The Bertz CT molecular complexity index is 563. The van der Waals surface area contributed by atoms with Crippen molar-refractivity contribution in [2.75, 3.05) is 53.0 Å². The van der Waals surface area contributed by atoms with Crippen molar-refractivity contribution < 1.29 is 13.9 Å². The van der Waals surface area contributed by atoms with Crippen molar-refractivity contribution in [2.24, 2.45) is 5.92 Å². The van der Waals surface area contributed by atoms with Crippen LogP contribution in [-0.2, 0) is 9.53 Å². The first-order valence-electron chi connectivity index (χ1n) is 8.70. The number of nitrogens with one attached hydrogen (secondary N) is 1. The molecule has 3 rings (SSSR count). The maximum absolute atomic E-state index is 14.4. The van der Waals surface area contributed by atoms with Gasteiger partial charge < -0.3 is 15.0 Å². The number of nitrogens with zero attached hydrogens (tertiary/aromatic N) is 2. The molecule has 5 nitrogen and oxygen atoms in total. The van der Waals surface area contributed by atoms with E-state index in [0.717, 1.165) is 26.1 Å². The minimum Gasteiger partial charge on any atom is -0.379 e. The van der Waals surface area contributed by atoms with E-state index in [-0.39, 0.29) is 11.7 Å². The SMILES string of the molecule is CNC[C@@H]1CCN(C(=O)[C@@H](c2ccccc2F)N2CCOCC2)C1. The molecule has 0 bridgehead atoms. The van der Waals surface area contributed by atoms with Crippen LogP contribution < -0.4 is 5.32 Å². The van der Waals surface area contributed by atoms with Crippen molar-refractivity contribution in [2.45, 2.75) is 12.5 Å². The molecule has 2 aliphatic heterocycles. The van der Waals surface area contributed by atoms with Gasteiger partial charge in [0.2, 0.25) is 5.91 Å². The van der Waals surface area contributed by atoms with E-state index in [1.165, 1.54) is 6.07 Å². The van der Waals surface area contributed by atoms with Crippen LogP contribution in [0.15, 0.2) is 24.3 Å². The number of hydrogen-bond donors (Lipinski definition) is 1. The fraction of sp³-hybridized carbons (Fsp3) is 0.611. The van der Waals surface area contributed by atoms with Crippen molar-refractivity contribution in [3.05, 3.63) is 35.6 Å². The molecule has 1 aromatic rings. The summed E-state index contributed by atoms with van der Waals surface area (Å²) in [5.41, 5.74) is 0.474. The molecule has 0 aliphatic carbocycles. The van der Waals surface area contributed by atoms with Gasteiger partial charge in [-0.15, -0.1) is 0 Å². The van der Waals surface area contributed by atoms with Gasteiger partial charge in [-0.3, -0.25) is 9.69 Å². The highest BCUT2D eigenvalue weighted by Gasteiger charge is 2.36. The van der Waals surface area contributed by atoms with Gasteiger partial charge in [0, 0.05) is 31.7 Å². The molecular weight excluding hydrogens is 309 g/mol. The Morgan fingerprint density at radius 2 is 2.08 bits per heavy atom. The van der Waals surface area contributed by atoms with Gasteiger partial charge in [0.1, 0.15) is 11.9 Å². The zero-order chi connectivity index (χ0) is 16.9. The third kappa shape index (κ3) is 3.77. The normalized spacial score (nSPS) is 23.4. The van der Waals surface area contributed by atoms with Crippen LogP contribution >= 0.6 is 0 Å². The number of halogens is 1. The number of carbonyl (C=O) groups is 1. The molecule has 1 N–H and O–H groups in total. The first-order chi connectivity index (χ1) is 11.7. The van der Waals surface area contributed by atoms with Crippen LogP contribution in [0.1, 0.15) is 18.0 Å². The third-order valence-electron chi connectivity index (χ3n) is 4.93. The quantitative estimate of drug-likeness (QED) is 0.880.